The van der Waals surface area contributed by atoms with E-state index in [1.807, 2.05) is 0 Å². The topological polar surface area (TPSA) is 6.48 Å². The van der Waals surface area contributed by atoms with Crippen molar-refractivity contribution in [3.63, 3.8) is 0 Å². The first kappa shape index (κ1) is 83.3. The predicted octanol–water partition coefficient (Wildman–Crippen LogP) is 35.4. The Labute approximate surface area is 857 Å². The first-order valence-electron chi connectivity index (χ1n) is 51.8. The molecule has 0 saturated heterocycles. The van der Waals surface area contributed by atoms with Crippen LogP contribution in [0, 0.1) is 0 Å². The fraction of sp³-hybridized carbons (Fsp3) is 0.0483. The number of anilines is 6. The van der Waals surface area contributed by atoms with Crippen LogP contribution >= 0.6 is 0 Å². The molecule has 147 heavy (non-hydrogen) atoms. The van der Waals surface area contributed by atoms with E-state index < -0.39 is 32.5 Å². The van der Waals surface area contributed by atoms with E-state index in [-0.39, 0.29) is 0 Å². The number of rotatable bonds is 14. The van der Waals surface area contributed by atoms with Crippen molar-refractivity contribution in [2.24, 2.45) is 0 Å². The molecule has 2 spiro atoms. The van der Waals surface area contributed by atoms with E-state index in [1.54, 1.807) is 0 Å². The second-order valence-electron chi connectivity index (χ2n) is 41.3. The molecule has 8 aliphatic rings. The third kappa shape index (κ3) is 10.9. The zero-order chi connectivity index (χ0) is 96.6. The average Bonchev–Trinajstić information content (AvgIpc) is 1.50. The van der Waals surface area contributed by atoms with Gasteiger partial charge in [-0.15, -0.1) is 0 Å². The lowest BCUT2D eigenvalue weighted by molar-refractivity contribution is 0.714. The number of hydrogen-bond donors (Lipinski definition) is 0. The molecule has 2 heteroatoms. The normalized spacial score (nSPS) is 16.9. The summed E-state index contributed by atoms with van der Waals surface area (Å²) in [5.74, 6) is 0. The average molecular weight is 1860 g/mol. The third-order valence-electron chi connectivity index (χ3n) is 35.0. The molecule has 23 aromatic carbocycles. The lowest BCUT2D eigenvalue weighted by Gasteiger charge is -2.36. The number of hydrogen-bond acceptors (Lipinski definition) is 2. The minimum atomic E-state index is -0.735. The summed E-state index contributed by atoms with van der Waals surface area (Å²) >= 11 is 0. The molecule has 0 N–H and O–H groups in total. The second-order valence-corrected chi connectivity index (χ2v) is 41.3. The van der Waals surface area contributed by atoms with Crippen molar-refractivity contribution in [2.75, 3.05) is 9.80 Å². The summed E-state index contributed by atoms with van der Waals surface area (Å²) in [6.07, 6.45) is 0. The standard InChI is InChI=1S/C145H94N2/c1-140(95-40-8-2-9-41-95)120-61-29-20-52-106(120)113-83-79-104(91-134(113)140)146(102-81-86-129-118(89-102)111-57-24-31-63-122(111)141(129,96-42-10-3-11-43-96)97-44-12-4-13-45-97)136-72-39-71-133-139(136)116-60-28-37-69-128(116)145(133)126-67-35-26-56-110(126)117-88-94(76-85-131(117)145)93-74-77-101(78-75-93)142(98-46-14-5-15-47-98)123-64-32-25-58-112(123)119-90-103(82-87-130(119)142)147(105-80-84-114-109-55-21-30-62-121(109)143(135(114)92-105,99-48-16-6-17-49-99)100-50-18-7-19-51-100)137-73-38-70-132-138(137)115-59-27-36-68-127(115)144(132)124-65-33-22-53-107(124)108-54-23-34-66-125(108)144/h2-92H,1H3. The van der Waals surface area contributed by atoms with Crippen LogP contribution in [0.1, 0.15) is 135 Å². The monoisotopic (exact) mass is 1860 g/mol. The van der Waals surface area contributed by atoms with Gasteiger partial charge in [-0.25, -0.2) is 0 Å². The van der Waals surface area contributed by atoms with Crippen LogP contribution in [0.2, 0.25) is 0 Å². The maximum atomic E-state index is 2.63. The van der Waals surface area contributed by atoms with Crippen LogP contribution in [0.25, 0.3) is 100 Å². The van der Waals surface area contributed by atoms with Gasteiger partial charge in [-0.1, -0.05) is 485 Å². The van der Waals surface area contributed by atoms with Gasteiger partial charge in [-0.05, 0) is 291 Å². The molecule has 0 amide bonds. The predicted molar refractivity (Wildman–Crippen MR) is 603 cm³/mol. The van der Waals surface area contributed by atoms with Crippen LogP contribution in [-0.4, -0.2) is 0 Å². The maximum absolute atomic E-state index is 2.63. The van der Waals surface area contributed by atoms with Crippen molar-refractivity contribution < 1.29 is 0 Å². The fourth-order valence-electron chi connectivity index (χ4n) is 29.4. The van der Waals surface area contributed by atoms with Crippen LogP contribution in [0.5, 0.6) is 0 Å². The number of nitrogens with zero attached hydrogens (tertiary/aromatic N) is 2. The van der Waals surface area contributed by atoms with Crippen molar-refractivity contribution in [3.05, 3.63) is 680 Å². The summed E-state index contributed by atoms with van der Waals surface area (Å²) in [6.45, 7) is 2.45. The largest absolute Gasteiger partial charge is 0.310 e. The van der Waals surface area contributed by atoms with Crippen LogP contribution in [-0.2, 0) is 32.5 Å². The molecule has 0 radical (unpaired) electrons. The van der Waals surface area contributed by atoms with E-state index in [0.717, 1.165) is 45.3 Å². The van der Waals surface area contributed by atoms with E-state index >= 15 is 0 Å². The Balaban J connectivity index is 0.568. The van der Waals surface area contributed by atoms with Crippen molar-refractivity contribution >= 4 is 34.1 Å². The molecule has 0 heterocycles. The Morgan fingerprint density at radius 3 is 0.741 bits per heavy atom. The molecule has 0 fully saturated rings. The quantitative estimate of drug-likeness (QED) is 0.107. The number of benzene rings is 23. The van der Waals surface area contributed by atoms with E-state index in [0.29, 0.717) is 0 Å². The summed E-state index contributed by atoms with van der Waals surface area (Å²) in [5.41, 5.74) is 54.3. The molecule has 0 aliphatic heterocycles. The first-order valence-corrected chi connectivity index (χ1v) is 51.8. The van der Waals surface area contributed by atoms with Crippen molar-refractivity contribution in [1.29, 1.82) is 0 Å². The van der Waals surface area contributed by atoms with Gasteiger partial charge in [-0.3, -0.25) is 0 Å². The van der Waals surface area contributed by atoms with Crippen LogP contribution in [0.4, 0.5) is 34.1 Å². The minimum Gasteiger partial charge on any atom is -0.310 e. The third-order valence-corrected chi connectivity index (χ3v) is 35.0. The van der Waals surface area contributed by atoms with Gasteiger partial charge in [-0.2, -0.15) is 0 Å². The van der Waals surface area contributed by atoms with Gasteiger partial charge < -0.3 is 9.80 Å². The number of fused-ring (bicyclic) bond motifs is 32. The minimum absolute atomic E-state index is 0.453. The van der Waals surface area contributed by atoms with Gasteiger partial charge in [0.15, 0.2) is 0 Å². The molecule has 3 unspecified atom stereocenters. The van der Waals surface area contributed by atoms with Crippen LogP contribution in [0.3, 0.4) is 0 Å². The maximum Gasteiger partial charge on any atom is 0.0726 e. The molecule has 3 atom stereocenters. The first-order chi connectivity index (χ1) is 72.8. The molecule has 23 aromatic rings. The van der Waals surface area contributed by atoms with Crippen molar-refractivity contribution in [2.45, 2.75) is 39.4 Å². The Bertz CT molecular complexity index is 9320. The summed E-state index contributed by atoms with van der Waals surface area (Å²) in [6, 6.07) is 212. The molecule has 0 aromatic heterocycles. The molecule has 684 valence electrons. The SMILES string of the molecule is CC1(c2ccccc2)c2ccccc2-c2ccc(N(c3ccc4c(c3)-c3ccccc3C4(c3ccccc3)c3ccccc3)c3cccc4c3-c3ccccc3C43c4ccccc4-c4cc(-c5ccc(C6(c7ccccc7)c7ccccc7-c7cc(N(c8ccc9c(c8)C(c8ccccc8)(c8ccccc8)c8ccccc8-9)c8cccc9c8-c8ccccc8C98c9ccccc9-c9ccccc98)ccc76)cc5)ccc43)cc21. The second kappa shape index (κ2) is 31.3. The highest BCUT2D eigenvalue weighted by atomic mass is 15.2. The summed E-state index contributed by atoms with van der Waals surface area (Å²) in [7, 11) is 0. The summed E-state index contributed by atoms with van der Waals surface area (Å²) in [5, 5.41) is 0. The highest BCUT2D eigenvalue weighted by Gasteiger charge is 2.57. The van der Waals surface area contributed by atoms with E-state index in [1.165, 1.54) is 217 Å². The fourth-order valence-corrected chi connectivity index (χ4v) is 29.4. The van der Waals surface area contributed by atoms with E-state index in [9.17, 15) is 0 Å². The van der Waals surface area contributed by atoms with Gasteiger partial charge >= 0.3 is 0 Å². The van der Waals surface area contributed by atoms with Crippen LogP contribution in [0.15, 0.2) is 552 Å². The van der Waals surface area contributed by atoms with E-state index in [2.05, 4.69) is 569 Å². The van der Waals surface area contributed by atoms with Gasteiger partial charge in [0.25, 0.3) is 0 Å². The Morgan fingerprint density at radius 2 is 0.361 bits per heavy atom. The Hall–Kier alpha value is -18.3. The molecule has 0 saturated carbocycles. The van der Waals surface area contributed by atoms with Gasteiger partial charge in [0.2, 0.25) is 0 Å². The molecule has 31 rings (SSSR count). The Kier molecular flexibility index (Phi) is 17.8. The van der Waals surface area contributed by atoms with Gasteiger partial charge in [0.1, 0.15) is 0 Å². The lowest BCUT2D eigenvalue weighted by Crippen LogP contribution is -2.29. The molecule has 0 bridgehead atoms. The zero-order valence-corrected chi connectivity index (χ0v) is 80.9. The van der Waals surface area contributed by atoms with Crippen molar-refractivity contribution in [1.82, 2.24) is 0 Å². The van der Waals surface area contributed by atoms with Gasteiger partial charge in [0.05, 0.1) is 38.4 Å². The van der Waals surface area contributed by atoms with Crippen LogP contribution < -0.4 is 9.80 Å². The molecular weight excluding hydrogens is 1770 g/mol. The zero-order valence-electron chi connectivity index (χ0n) is 80.9. The van der Waals surface area contributed by atoms with E-state index in [4.69, 9.17) is 0 Å². The van der Waals surface area contributed by atoms with Gasteiger partial charge in [0, 0.05) is 39.3 Å². The molecule has 8 aliphatic carbocycles. The molecular formula is C145H94N2. The highest BCUT2D eigenvalue weighted by Crippen LogP contribution is 2.71. The lowest BCUT2D eigenvalue weighted by atomic mass is 9.67. The summed E-state index contributed by atoms with van der Waals surface area (Å²) in [4.78, 5) is 5.25. The van der Waals surface area contributed by atoms with Crippen molar-refractivity contribution in [3.8, 4) is 100 Å². The summed E-state index contributed by atoms with van der Waals surface area (Å²) < 4.78 is 0. The smallest absolute Gasteiger partial charge is 0.0726 e. The Morgan fingerprint density at radius 1 is 0.129 bits per heavy atom. The highest BCUT2D eigenvalue weighted by molar-refractivity contribution is 6.07. The molecule has 2 nitrogen and oxygen atoms in total.